The minimum absolute atomic E-state index is 0.000993. The highest BCUT2D eigenvalue weighted by Crippen LogP contribution is 2.40. The fraction of sp³-hybridized carbons (Fsp3) is 0.586. The lowest BCUT2D eigenvalue weighted by Crippen LogP contribution is -2.31. The first-order chi connectivity index (χ1) is 18.8. The summed E-state index contributed by atoms with van der Waals surface area (Å²) in [6.07, 6.45) is 12.8. The molecule has 0 saturated heterocycles. The second-order valence-electron chi connectivity index (χ2n) is 10.3. The molecule has 0 aromatic heterocycles. The normalized spacial score (nSPS) is 17.9. The molecular formula is C29H44N4O5S. The van der Waals surface area contributed by atoms with Crippen LogP contribution in [0.3, 0.4) is 0 Å². The van der Waals surface area contributed by atoms with Crippen molar-refractivity contribution < 1.29 is 24.3 Å². The van der Waals surface area contributed by atoms with Gasteiger partial charge in [0, 0.05) is 18.8 Å². The number of carboxylic acid groups (broad SMARTS) is 1. The Balaban J connectivity index is 0.000000404. The fourth-order valence-corrected chi connectivity index (χ4v) is 5.27. The molecule has 0 spiro atoms. The van der Waals surface area contributed by atoms with Crippen LogP contribution in [0.2, 0.25) is 0 Å². The molecular weight excluding hydrogens is 516 g/mol. The summed E-state index contributed by atoms with van der Waals surface area (Å²) in [6.45, 7) is 5.01. The van der Waals surface area contributed by atoms with Crippen molar-refractivity contribution in [1.29, 1.82) is 0 Å². The van der Waals surface area contributed by atoms with Gasteiger partial charge < -0.3 is 21.5 Å². The molecule has 3 amide bonds. The lowest BCUT2D eigenvalue weighted by molar-refractivity contribution is -0.137. The Morgan fingerprint density at radius 3 is 2.33 bits per heavy atom. The van der Waals surface area contributed by atoms with E-state index in [0.717, 1.165) is 49.5 Å². The summed E-state index contributed by atoms with van der Waals surface area (Å²) in [5.41, 5.74) is 5.67. The number of hydrogen-bond donors (Lipinski definition) is 5. The van der Waals surface area contributed by atoms with Gasteiger partial charge in [0.1, 0.15) is 0 Å². The molecule has 0 radical (unpaired) electrons. The minimum atomic E-state index is -0.759. The lowest BCUT2D eigenvalue weighted by atomic mass is 10.1. The van der Waals surface area contributed by atoms with Crippen molar-refractivity contribution in [3.63, 3.8) is 0 Å². The number of hydrogen-bond acceptors (Lipinski definition) is 6. The van der Waals surface area contributed by atoms with E-state index >= 15 is 0 Å². The number of benzene rings is 1. The van der Waals surface area contributed by atoms with E-state index in [1.54, 1.807) is 0 Å². The Morgan fingerprint density at radius 1 is 1.03 bits per heavy atom. The number of rotatable bonds is 17. The number of amides is 3. The van der Waals surface area contributed by atoms with Gasteiger partial charge in [-0.3, -0.25) is 23.9 Å². The van der Waals surface area contributed by atoms with Crippen molar-refractivity contribution in [3.8, 4) is 0 Å². The molecule has 216 valence electrons. The average molecular weight is 561 g/mol. The lowest BCUT2D eigenvalue weighted by Gasteiger charge is -2.11. The molecule has 1 unspecified atom stereocenters. The molecule has 10 heteroatoms. The summed E-state index contributed by atoms with van der Waals surface area (Å²) in [6, 6.07) is 7.40. The largest absolute Gasteiger partial charge is 0.481 e. The third-order valence-corrected chi connectivity index (χ3v) is 7.78. The zero-order valence-corrected chi connectivity index (χ0v) is 23.6. The van der Waals surface area contributed by atoms with Crippen LogP contribution in [-0.4, -0.2) is 41.9 Å². The monoisotopic (exact) mass is 560 g/mol. The quantitative estimate of drug-likeness (QED) is 0.106. The summed E-state index contributed by atoms with van der Waals surface area (Å²) in [7, 11) is 0. The Morgan fingerprint density at radius 2 is 1.69 bits per heavy atom. The van der Waals surface area contributed by atoms with E-state index in [-0.39, 0.29) is 36.0 Å². The number of carbonyl (C=O) groups excluding carboxylic acids is 3. The molecule has 9 nitrogen and oxygen atoms in total. The van der Waals surface area contributed by atoms with Crippen molar-refractivity contribution in [2.75, 3.05) is 18.4 Å². The van der Waals surface area contributed by atoms with Gasteiger partial charge in [0.2, 0.25) is 17.7 Å². The summed E-state index contributed by atoms with van der Waals surface area (Å²) >= 11 is 1.22. The predicted octanol–water partition coefficient (Wildman–Crippen LogP) is 4.64. The van der Waals surface area contributed by atoms with Gasteiger partial charge in [0.05, 0.1) is 17.1 Å². The van der Waals surface area contributed by atoms with Crippen molar-refractivity contribution in [1.82, 2.24) is 10.0 Å². The van der Waals surface area contributed by atoms with Crippen LogP contribution in [-0.2, 0) is 19.2 Å². The number of para-hydroxylation sites is 1. The number of aliphatic carboxylic acids is 1. The van der Waals surface area contributed by atoms with Gasteiger partial charge in [-0.2, -0.15) is 0 Å². The zero-order chi connectivity index (χ0) is 28.5. The van der Waals surface area contributed by atoms with Crippen LogP contribution in [0.1, 0.15) is 77.0 Å². The highest BCUT2D eigenvalue weighted by Gasteiger charge is 2.40. The third kappa shape index (κ3) is 14.2. The van der Waals surface area contributed by atoms with E-state index in [1.165, 1.54) is 37.6 Å². The Kier molecular flexibility index (Phi) is 15.3. The van der Waals surface area contributed by atoms with Crippen LogP contribution in [0.5, 0.6) is 0 Å². The van der Waals surface area contributed by atoms with Gasteiger partial charge in [-0.15, -0.1) is 6.58 Å². The Bertz CT molecular complexity index is 951. The van der Waals surface area contributed by atoms with Gasteiger partial charge in [0.15, 0.2) is 0 Å². The SMILES string of the molecule is C=C[C@@H]1CC1C(=O)NSc1ccccc1NC(=O)CCCCCCCC(=O)O.NC(=O)CNCC1CCCC1. The van der Waals surface area contributed by atoms with E-state index in [4.69, 9.17) is 10.8 Å². The van der Waals surface area contributed by atoms with E-state index < -0.39 is 5.97 Å². The molecule has 1 aromatic rings. The first-order valence-corrected chi connectivity index (χ1v) is 14.8. The van der Waals surface area contributed by atoms with E-state index in [9.17, 15) is 19.2 Å². The maximum Gasteiger partial charge on any atom is 0.303 e. The Hall–Kier alpha value is -2.85. The summed E-state index contributed by atoms with van der Waals surface area (Å²) in [4.78, 5) is 45.8. The molecule has 1 aromatic carbocycles. The van der Waals surface area contributed by atoms with Gasteiger partial charge in [-0.05, 0) is 74.6 Å². The smallest absolute Gasteiger partial charge is 0.303 e. The van der Waals surface area contributed by atoms with Crippen molar-refractivity contribution in [2.45, 2.75) is 81.9 Å². The molecule has 2 aliphatic carbocycles. The molecule has 39 heavy (non-hydrogen) atoms. The van der Waals surface area contributed by atoms with Crippen LogP contribution in [0, 0.1) is 17.8 Å². The van der Waals surface area contributed by atoms with Crippen molar-refractivity contribution in [3.05, 3.63) is 36.9 Å². The van der Waals surface area contributed by atoms with Crippen LogP contribution in [0.25, 0.3) is 0 Å². The fourth-order valence-electron chi connectivity index (χ4n) is 4.54. The first-order valence-electron chi connectivity index (χ1n) is 14.0. The van der Waals surface area contributed by atoms with E-state index in [1.807, 2.05) is 30.3 Å². The van der Waals surface area contributed by atoms with Gasteiger partial charge >= 0.3 is 5.97 Å². The van der Waals surface area contributed by atoms with E-state index in [0.29, 0.717) is 25.1 Å². The highest BCUT2D eigenvalue weighted by molar-refractivity contribution is 7.98. The van der Waals surface area contributed by atoms with Crippen LogP contribution in [0.15, 0.2) is 41.8 Å². The number of allylic oxidation sites excluding steroid dienone is 1. The minimum Gasteiger partial charge on any atom is -0.481 e. The second-order valence-corrected chi connectivity index (χ2v) is 11.1. The van der Waals surface area contributed by atoms with Gasteiger partial charge in [-0.1, -0.05) is 50.3 Å². The molecule has 3 rings (SSSR count). The molecule has 6 N–H and O–H groups in total. The summed E-state index contributed by atoms with van der Waals surface area (Å²) in [5, 5.41) is 14.6. The topological polar surface area (TPSA) is 151 Å². The maximum atomic E-state index is 12.2. The number of primary amides is 1. The predicted molar refractivity (Wildman–Crippen MR) is 155 cm³/mol. The molecule has 0 heterocycles. The second kappa shape index (κ2) is 18.4. The molecule has 2 atom stereocenters. The number of nitrogens with one attached hydrogen (secondary N) is 3. The zero-order valence-electron chi connectivity index (χ0n) is 22.8. The van der Waals surface area contributed by atoms with Crippen LogP contribution >= 0.6 is 11.9 Å². The third-order valence-electron chi connectivity index (χ3n) is 6.90. The van der Waals surface area contributed by atoms with Crippen molar-refractivity contribution >= 4 is 41.3 Å². The maximum absolute atomic E-state index is 12.2. The first kappa shape index (κ1) is 32.4. The van der Waals surface area contributed by atoms with Crippen molar-refractivity contribution in [2.24, 2.45) is 23.5 Å². The van der Waals surface area contributed by atoms with Crippen LogP contribution in [0.4, 0.5) is 5.69 Å². The standard InChI is InChI=1S/C21H28N2O4S.C8H16N2O/c1-2-15-14-16(15)21(27)23-28-18-11-9-8-10-17(18)22-19(24)12-6-4-3-5-7-13-20(25)26;9-8(11)6-10-5-7-3-1-2-4-7/h2,8-11,15-16H,1,3-7,12-14H2,(H,22,24)(H,23,27)(H,25,26);7,10H,1-6H2,(H2,9,11)/t15-,16?;/m1./s1. The van der Waals surface area contributed by atoms with E-state index in [2.05, 4.69) is 21.9 Å². The average Bonchev–Trinajstić information content (AvgIpc) is 3.52. The number of carboxylic acids is 1. The molecule has 2 saturated carbocycles. The Labute approximate surface area is 236 Å². The number of anilines is 1. The summed E-state index contributed by atoms with van der Waals surface area (Å²) in [5.74, 6) is 0.00165. The molecule has 0 aliphatic heterocycles. The summed E-state index contributed by atoms with van der Waals surface area (Å²) < 4.78 is 2.86. The molecule has 2 aliphatic rings. The van der Waals surface area contributed by atoms with Gasteiger partial charge in [0.25, 0.3) is 0 Å². The molecule has 2 fully saturated rings. The van der Waals surface area contributed by atoms with Gasteiger partial charge in [-0.25, -0.2) is 0 Å². The number of carbonyl (C=O) groups is 4. The van der Waals surface area contributed by atoms with Crippen LogP contribution < -0.4 is 21.1 Å². The molecule has 0 bridgehead atoms. The number of unbranched alkanes of at least 4 members (excludes halogenated alkanes) is 4. The highest BCUT2D eigenvalue weighted by atomic mass is 32.2. The number of nitrogens with two attached hydrogens (primary N) is 1.